The predicted octanol–water partition coefficient (Wildman–Crippen LogP) is 3.11. The molecule has 8 nitrogen and oxygen atoms in total. The molecule has 1 aliphatic heterocycles. The number of carbonyl (C=O) groups is 1. The number of nitro benzene ring substituents is 1. The van der Waals surface area contributed by atoms with Crippen LogP contribution in [0, 0.1) is 15.9 Å². The molecular weight excluding hydrogens is 473 g/mol. The van der Waals surface area contributed by atoms with E-state index in [9.17, 15) is 24.1 Å². The standard InChI is InChI=1S/C22H15ClFN3O5S/c1-11-18(21(29)32-2)19(13-6-7-15(23)16(10-13)27(30)31)26-20(28)17(33-22(26)25-11)9-12-4-3-5-14(24)8-12/h3-10,19H,1-2H3. The summed E-state index contributed by atoms with van der Waals surface area (Å²) >= 11 is 7.02. The van der Waals surface area contributed by atoms with Crippen molar-refractivity contribution in [1.29, 1.82) is 0 Å². The van der Waals surface area contributed by atoms with E-state index in [0.29, 0.717) is 16.8 Å². The Balaban J connectivity index is 2.01. The zero-order valence-corrected chi connectivity index (χ0v) is 18.8. The summed E-state index contributed by atoms with van der Waals surface area (Å²) in [6, 6.07) is 8.77. The number of methoxy groups -OCH3 is 1. The van der Waals surface area contributed by atoms with Crippen molar-refractivity contribution in [2.45, 2.75) is 13.0 Å². The monoisotopic (exact) mass is 487 g/mol. The average Bonchev–Trinajstić information content (AvgIpc) is 3.07. The van der Waals surface area contributed by atoms with Gasteiger partial charge in [-0.2, -0.15) is 0 Å². The minimum absolute atomic E-state index is 0.0684. The molecule has 1 aromatic heterocycles. The molecule has 168 valence electrons. The third-order valence-corrected chi connectivity index (χ3v) is 6.36. The van der Waals surface area contributed by atoms with E-state index in [0.717, 1.165) is 11.3 Å². The predicted molar refractivity (Wildman–Crippen MR) is 120 cm³/mol. The maximum atomic E-state index is 13.6. The van der Waals surface area contributed by atoms with Crippen LogP contribution in [0.2, 0.25) is 5.02 Å². The number of benzene rings is 2. The number of hydrogen-bond donors (Lipinski definition) is 0. The number of carbonyl (C=O) groups excluding carboxylic acids is 1. The van der Waals surface area contributed by atoms with Gasteiger partial charge in [0.1, 0.15) is 10.8 Å². The van der Waals surface area contributed by atoms with Crippen LogP contribution in [0.15, 0.2) is 63.5 Å². The van der Waals surface area contributed by atoms with Gasteiger partial charge in [-0.25, -0.2) is 14.2 Å². The number of fused-ring (bicyclic) bond motifs is 1. The highest BCUT2D eigenvalue weighted by atomic mass is 35.5. The first-order chi connectivity index (χ1) is 15.7. The van der Waals surface area contributed by atoms with E-state index in [2.05, 4.69) is 4.99 Å². The van der Waals surface area contributed by atoms with E-state index < -0.39 is 28.3 Å². The smallest absolute Gasteiger partial charge is 0.338 e. The van der Waals surface area contributed by atoms with E-state index in [1.807, 2.05) is 0 Å². The normalized spacial score (nSPS) is 15.8. The van der Waals surface area contributed by atoms with Gasteiger partial charge in [0.15, 0.2) is 4.80 Å². The first-order valence-electron chi connectivity index (χ1n) is 9.51. The van der Waals surface area contributed by atoms with Crippen molar-refractivity contribution in [3.8, 4) is 0 Å². The second kappa shape index (κ2) is 8.72. The second-order valence-corrected chi connectivity index (χ2v) is 8.51. The minimum atomic E-state index is -1.03. The fourth-order valence-corrected chi connectivity index (χ4v) is 4.83. The molecule has 2 aromatic carbocycles. The first kappa shape index (κ1) is 22.6. The largest absolute Gasteiger partial charge is 0.466 e. The first-order valence-corrected chi connectivity index (χ1v) is 10.7. The summed E-state index contributed by atoms with van der Waals surface area (Å²) in [5.74, 6) is -1.18. The van der Waals surface area contributed by atoms with Crippen LogP contribution >= 0.6 is 22.9 Å². The Morgan fingerprint density at radius 3 is 2.76 bits per heavy atom. The lowest BCUT2D eigenvalue weighted by molar-refractivity contribution is -0.384. The number of allylic oxidation sites excluding steroid dienone is 1. The topological polar surface area (TPSA) is 104 Å². The molecule has 0 saturated carbocycles. The molecule has 0 N–H and O–H groups in total. The van der Waals surface area contributed by atoms with E-state index in [1.165, 1.54) is 54.2 Å². The molecule has 0 amide bonds. The number of hydrogen-bond acceptors (Lipinski definition) is 7. The van der Waals surface area contributed by atoms with E-state index in [-0.39, 0.29) is 25.6 Å². The lowest BCUT2D eigenvalue weighted by Gasteiger charge is -2.24. The quantitative estimate of drug-likeness (QED) is 0.319. The highest BCUT2D eigenvalue weighted by molar-refractivity contribution is 7.07. The Kier molecular flexibility index (Phi) is 5.96. The van der Waals surface area contributed by atoms with Crippen LogP contribution in [-0.2, 0) is 9.53 Å². The van der Waals surface area contributed by atoms with E-state index in [4.69, 9.17) is 16.3 Å². The van der Waals surface area contributed by atoms with Crippen molar-refractivity contribution in [3.05, 3.63) is 106 Å². The molecule has 33 heavy (non-hydrogen) atoms. The van der Waals surface area contributed by atoms with Crippen LogP contribution in [0.4, 0.5) is 10.1 Å². The molecule has 4 rings (SSSR count). The second-order valence-electron chi connectivity index (χ2n) is 7.10. The highest BCUT2D eigenvalue weighted by Gasteiger charge is 2.34. The molecule has 1 atom stereocenters. The van der Waals surface area contributed by atoms with Gasteiger partial charge < -0.3 is 4.74 Å². The van der Waals surface area contributed by atoms with E-state index in [1.54, 1.807) is 13.0 Å². The molecule has 0 saturated heterocycles. The van der Waals surface area contributed by atoms with Crippen LogP contribution in [0.25, 0.3) is 6.08 Å². The number of thiazole rings is 1. The summed E-state index contributed by atoms with van der Waals surface area (Å²) < 4.78 is 20.0. The fraction of sp³-hybridized carbons (Fsp3) is 0.136. The van der Waals surface area contributed by atoms with E-state index >= 15 is 0 Å². The molecule has 2 heterocycles. The Bertz CT molecular complexity index is 1530. The zero-order valence-electron chi connectivity index (χ0n) is 17.2. The van der Waals surface area contributed by atoms with Crippen molar-refractivity contribution in [2.24, 2.45) is 4.99 Å². The highest BCUT2D eigenvalue weighted by Crippen LogP contribution is 2.34. The van der Waals surface area contributed by atoms with Gasteiger partial charge >= 0.3 is 5.97 Å². The van der Waals surface area contributed by atoms with Crippen LogP contribution < -0.4 is 14.9 Å². The van der Waals surface area contributed by atoms with Gasteiger partial charge in [-0.3, -0.25) is 19.5 Å². The fourth-order valence-electron chi connectivity index (χ4n) is 3.60. The van der Waals surface area contributed by atoms with Crippen molar-refractivity contribution >= 4 is 40.7 Å². The Hall–Kier alpha value is -3.63. The summed E-state index contributed by atoms with van der Waals surface area (Å²) in [7, 11) is 1.19. The number of halogens is 2. The minimum Gasteiger partial charge on any atom is -0.466 e. The summed E-state index contributed by atoms with van der Waals surface area (Å²) in [6.45, 7) is 1.59. The molecule has 0 bridgehead atoms. The summed E-state index contributed by atoms with van der Waals surface area (Å²) in [4.78, 5) is 41.5. The molecule has 1 aliphatic rings. The van der Waals surface area contributed by atoms with Gasteiger partial charge in [0.05, 0.1) is 33.9 Å². The van der Waals surface area contributed by atoms with Gasteiger partial charge in [-0.1, -0.05) is 41.1 Å². The third-order valence-electron chi connectivity index (χ3n) is 5.06. The summed E-state index contributed by atoms with van der Waals surface area (Å²) in [5.41, 5.74) is 0.290. The van der Waals surface area contributed by atoms with Crippen LogP contribution in [0.3, 0.4) is 0 Å². The maximum absolute atomic E-state index is 13.6. The van der Waals surface area contributed by atoms with Crippen LogP contribution in [-0.4, -0.2) is 22.6 Å². The lowest BCUT2D eigenvalue weighted by Crippen LogP contribution is -2.39. The average molecular weight is 488 g/mol. The molecule has 3 aromatic rings. The number of ether oxygens (including phenoxy) is 1. The Morgan fingerprint density at radius 1 is 1.33 bits per heavy atom. The molecule has 0 radical (unpaired) electrons. The molecular formula is C22H15ClFN3O5S. The van der Waals surface area contributed by atoms with Gasteiger partial charge in [0, 0.05) is 6.07 Å². The van der Waals surface area contributed by atoms with Gasteiger partial charge in [0.25, 0.3) is 11.2 Å². The molecule has 11 heteroatoms. The van der Waals surface area contributed by atoms with Gasteiger partial charge in [-0.15, -0.1) is 0 Å². The van der Waals surface area contributed by atoms with Crippen molar-refractivity contribution in [1.82, 2.24) is 4.57 Å². The zero-order chi connectivity index (χ0) is 23.9. The third kappa shape index (κ3) is 4.10. The molecule has 0 spiro atoms. The number of nitrogens with zero attached hydrogens (tertiary/aromatic N) is 3. The maximum Gasteiger partial charge on any atom is 0.338 e. The van der Waals surface area contributed by atoms with Crippen molar-refractivity contribution in [3.63, 3.8) is 0 Å². The number of nitro groups is 1. The van der Waals surface area contributed by atoms with Crippen molar-refractivity contribution < 1.29 is 18.8 Å². The SMILES string of the molecule is COC(=O)C1=C(C)N=c2sc(=Cc3cccc(F)c3)c(=O)n2C1c1ccc(Cl)c([N+](=O)[O-])c1. The molecule has 0 fully saturated rings. The van der Waals surface area contributed by atoms with Crippen LogP contribution in [0.5, 0.6) is 0 Å². The molecule has 1 unspecified atom stereocenters. The van der Waals surface area contributed by atoms with Gasteiger partial charge in [0.2, 0.25) is 0 Å². The number of esters is 1. The summed E-state index contributed by atoms with van der Waals surface area (Å²) in [5, 5.41) is 11.4. The van der Waals surface area contributed by atoms with Crippen molar-refractivity contribution in [2.75, 3.05) is 7.11 Å². The summed E-state index contributed by atoms with van der Waals surface area (Å²) in [6.07, 6.45) is 1.52. The molecule has 0 aliphatic carbocycles. The Labute approximate surface area is 194 Å². The Morgan fingerprint density at radius 2 is 2.09 bits per heavy atom. The lowest BCUT2D eigenvalue weighted by atomic mass is 9.95. The number of aromatic nitrogens is 1. The van der Waals surface area contributed by atoms with Gasteiger partial charge in [-0.05, 0) is 42.3 Å². The number of rotatable bonds is 4. The van der Waals surface area contributed by atoms with Crippen LogP contribution in [0.1, 0.15) is 24.1 Å².